The van der Waals surface area contributed by atoms with E-state index in [4.69, 9.17) is 14.9 Å². The Morgan fingerprint density at radius 2 is 2.00 bits per heavy atom. The third-order valence-electron chi connectivity index (χ3n) is 4.55. The molecule has 1 aliphatic carbocycles. The molecule has 1 saturated carbocycles. The summed E-state index contributed by atoms with van der Waals surface area (Å²) in [5.74, 6) is 1.98. The maximum atomic E-state index is 12.2. The van der Waals surface area contributed by atoms with Crippen molar-refractivity contribution in [2.75, 3.05) is 11.9 Å². The van der Waals surface area contributed by atoms with Crippen LogP contribution >= 0.6 is 0 Å². The van der Waals surface area contributed by atoms with Crippen LogP contribution in [0.1, 0.15) is 37.5 Å². The number of nitrogens with one attached hydrogen (secondary N) is 1. The van der Waals surface area contributed by atoms with Gasteiger partial charge in [-0.2, -0.15) is 0 Å². The first kappa shape index (κ1) is 15.4. The summed E-state index contributed by atoms with van der Waals surface area (Å²) in [6.07, 6.45) is 5.23. The van der Waals surface area contributed by atoms with Crippen molar-refractivity contribution in [2.24, 2.45) is 5.73 Å². The molecular weight excluding hydrogens is 306 g/mol. The second-order valence-electron chi connectivity index (χ2n) is 6.46. The van der Waals surface area contributed by atoms with Crippen LogP contribution in [0, 0.1) is 0 Å². The number of hydrogen-bond acceptors (Lipinski definition) is 5. The van der Waals surface area contributed by atoms with E-state index in [1.54, 1.807) is 6.20 Å². The van der Waals surface area contributed by atoms with Gasteiger partial charge >= 0.3 is 0 Å². The number of amides is 1. The average molecular weight is 327 g/mol. The molecule has 0 spiro atoms. The number of carbonyl (C=O) groups is 1. The standard InChI is InChI=1S/C18H21N3O3/c19-9-14-7-8-15(23-14)17(22)21-13-5-3-11(4-6-13)16-10-20-18(24-16)12-1-2-12/h3-6,10,12,14-15H,1-2,7-9,19H2,(H,21,22)/t14-,15+/m1/s1. The van der Waals surface area contributed by atoms with Gasteiger partial charge in [-0.05, 0) is 49.9 Å². The van der Waals surface area contributed by atoms with Gasteiger partial charge in [-0.25, -0.2) is 4.98 Å². The fourth-order valence-corrected chi connectivity index (χ4v) is 2.95. The van der Waals surface area contributed by atoms with Crippen molar-refractivity contribution in [1.29, 1.82) is 0 Å². The SMILES string of the molecule is NC[C@H]1CC[C@@H](C(=O)Nc2ccc(-c3cnc(C4CC4)o3)cc2)O1. The summed E-state index contributed by atoms with van der Waals surface area (Å²) in [5.41, 5.74) is 7.27. The van der Waals surface area contributed by atoms with Crippen LogP contribution in [0.5, 0.6) is 0 Å². The highest BCUT2D eigenvalue weighted by molar-refractivity contribution is 5.94. The molecule has 126 valence electrons. The van der Waals surface area contributed by atoms with E-state index in [1.807, 2.05) is 24.3 Å². The number of benzene rings is 1. The quantitative estimate of drug-likeness (QED) is 0.881. The van der Waals surface area contributed by atoms with Gasteiger partial charge < -0.3 is 20.2 Å². The molecule has 2 atom stereocenters. The predicted molar refractivity (Wildman–Crippen MR) is 89.5 cm³/mol. The third-order valence-corrected chi connectivity index (χ3v) is 4.55. The molecule has 24 heavy (non-hydrogen) atoms. The number of anilines is 1. The fraction of sp³-hybridized carbons (Fsp3) is 0.444. The second-order valence-corrected chi connectivity index (χ2v) is 6.46. The second kappa shape index (κ2) is 6.37. The van der Waals surface area contributed by atoms with Crippen molar-refractivity contribution >= 4 is 11.6 Å². The molecule has 1 aromatic carbocycles. The number of rotatable bonds is 5. The van der Waals surface area contributed by atoms with Crippen LogP contribution in [0.15, 0.2) is 34.9 Å². The minimum atomic E-state index is -0.409. The van der Waals surface area contributed by atoms with E-state index in [9.17, 15) is 4.79 Å². The first-order valence-electron chi connectivity index (χ1n) is 8.45. The van der Waals surface area contributed by atoms with Gasteiger partial charge in [-0.3, -0.25) is 4.79 Å². The molecule has 2 aromatic rings. The van der Waals surface area contributed by atoms with Crippen molar-refractivity contribution < 1.29 is 13.9 Å². The molecule has 0 radical (unpaired) electrons. The first-order chi connectivity index (χ1) is 11.7. The van der Waals surface area contributed by atoms with Gasteiger partial charge in [0.15, 0.2) is 11.7 Å². The number of carbonyl (C=O) groups excluding carboxylic acids is 1. The molecule has 3 N–H and O–H groups in total. The highest BCUT2D eigenvalue weighted by Crippen LogP contribution is 2.40. The summed E-state index contributed by atoms with van der Waals surface area (Å²) in [6, 6.07) is 7.57. The van der Waals surface area contributed by atoms with Gasteiger partial charge in [0.1, 0.15) is 6.10 Å². The molecular formula is C18H21N3O3. The van der Waals surface area contributed by atoms with Crippen LogP contribution in [0.25, 0.3) is 11.3 Å². The van der Waals surface area contributed by atoms with Crippen LogP contribution in [0.2, 0.25) is 0 Å². The Bertz CT molecular complexity index is 721. The van der Waals surface area contributed by atoms with Gasteiger partial charge in [-0.15, -0.1) is 0 Å². The lowest BCUT2D eigenvalue weighted by Gasteiger charge is -2.12. The minimum absolute atomic E-state index is 0.00441. The van der Waals surface area contributed by atoms with E-state index in [0.29, 0.717) is 18.9 Å². The molecule has 1 aliphatic heterocycles. The number of nitrogens with two attached hydrogens (primary N) is 1. The Morgan fingerprint density at radius 1 is 1.21 bits per heavy atom. The van der Waals surface area contributed by atoms with Crippen molar-refractivity contribution in [1.82, 2.24) is 4.98 Å². The van der Waals surface area contributed by atoms with Crippen molar-refractivity contribution in [3.05, 3.63) is 36.4 Å². The number of aromatic nitrogens is 1. The zero-order chi connectivity index (χ0) is 16.5. The summed E-state index contributed by atoms with van der Waals surface area (Å²) >= 11 is 0. The molecule has 2 fully saturated rings. The normalized spacial score (nSPS) is 23.4. The van der Waals surface area contributed by atoms with Crippen LogP contribution in [-0.4, -0.2) is 29.6 Å². The Kier molecular flexibility index (Phi) is 4.08. The largest absolute Gasteiger partial charge is 0.440 e. The number of nitrogens with zero attached hydrogens (tertiary/aromatic N) is 1. The number of ether oxygens (including phenoxy) is 1. The summed E-state index contributed by atoms with van der Waals surface area (Å²) in [6.45, 7) is 0.457. The Labute approximate surface area is 140 Å². The van der Waals surface area contributed by atoms with Crippen molar-refractivity contribution in [3.8, 4) is 11.3 Å². The first-order valence-corrected chi connectivity index (χ1v) is 8.45. The molecule has 6 heteroatoms. The van der Waals surface area contributed by atoms with Gasteiger partial charge in [0.05, 0.1) is 12.3 Å². The van der Waals surface area contributed by atoms with Crippen LogP contribution in [0.4, 0.5) is 5.69 Å². The zero-order valence-electron chi connectivity index (χ0n) is 13.4. The molecule has 0 bridgehead atoms. The molecule has 6 nitrogen and oxygen atoms in total. The van der Waals surface area contributed by atoms with Gasteiger partial charge in [0.25, 0.3) is 5.91 Å². The van der Waals surface area contributed by atoms with E-state index in [-0.39, 0.29) is 12.0 Å². The van der Waals surface area contributed by atoms with E-state index in [2.05, 4.69) is 10.3 Å². The lowest BCUT2D eigenvalue weighted by Crippen LogP contribution is -2.29. The van der Waals surface area contributed by atoms with E-state index in [0.717, 1.165) is 29.3 Å². The summed E-state index contributed by atoms with van der Waals surface area (Å²) in [5, 5.41) is 2.89. The van der Waals surface area contributed by atoms with E-state index in [1.165, 1.54) is 12.8 Å². The summed E-state index contributed by atoms with van der Waals surface area (Å²) < 4.78 is 11.4. The molecule has 0 unspecified atom stereocenters. The Balaban J connectivity index is 1.39. The summed E-state index contributed by atoms with van der Waals surface area (Å²) in [4.78, 5) is 16.5. The molecule has 2 heterocycles. The predicted octanol–water partition coefficient (Wildman–Crippen LogP) is 2.66. The number of oxazole rings is 1. The van der Waals surface area contributed by atoms with Crippen molar-refractivity contribution in [3.63, 3.8) is 0 Å². The fourth-order valence-electron chi connectivity index (χ4n) is 2.95. The van der Waals surface area contributed by atoms with Crippen LogP contribution < -0.4 is 11.1 Å². The summed E-state index contributed by atoms with van der Waals surface area (Å²) in [7, 11) is 0. The lowest BCUT2D eigenvalue weighted by atomic mass is 10.1. The van der Waals surface area contributed by atoms with E-state index >= 15 is 0 Å². The van der Waals surface area contributed by atoms with Gasteiger partial charge in [0, 0.05) is 23.7 Å². The maximum Gasteiger partial charge on any atom is 0.253 e. The molecule has 1 amide bonds. The molecule has 1 aromatic heterocycles. The molecule has 4 rings (SSSR count). The van der Waals surface area contributed by atoms with Crippen LogP contribution in [0.3, 0.4) is 0 Å². The average Bonchev–Trinajstić information content (AvgIpc) is 3.14. The highest BCUT2D eigenvalue weighted by Gasteiger charge is 2.30. The number of hydrogen-bond donors (Lipinski definition) is 2. The van der Waals surface area contributed by atoms with Gasteiger partial charge in [0.2, 0.25) is 0 Å². The zero-order valence-corrected chi connectivity index (χ0v) is 13.4. The van der Waals surface area contributed by atoms with E-state index < -0.39 is 6.10 Å². The third kappa shape index (κ3) is 3.20. The Morgan fingerprint density at radius 3 is 2.67 bits per heavy atom. The lowest BCUT2D eigenvalue weighted by molar-refractivity contribution is -0.126. The smallest absolute Gasteiger partial charge is 0.253 e. The maximum absolute atomic E-state index is 12.2. The molecule has 2 aliphatic rings. The minimum Gasteiger partial charge on any atom is -0.440 e. The van der Waals surface area contributed by atoms with Crippen molar-refractivity contribution in [2.45, 2.75) is 43.8 Å². The Hall–Kier alpha value is -2.18. The monoisotopic (exact) mass is 327 g/mol. The van der Waals surface area contributed by atoms with Gasteiger partial charge in [-0.1, -0.05) is 0 Å². The van der Waals surface area contributed by atoms with Crippen LogP contribution in [-0.2, 0) is 9.53 Å². The highest BCUT2D eigenvalue weighted by atomic mass is 16.5. The molecule has 1 saturated heterocycles. The topological polar surface area (TPSA) is 90.4 Å².